The highest BCUT2D eigenvalue weighted by Crippen LogP contribution is 2.20. The third-order valence-corrected chi connectivity index (χ3v) is 3.32. The molecule has 0 aromatic carbocycles. The molecule has 2 rings (SSSR count). The summed E-state index contributed by atoms with van der Waals surface area (Å²) < 4.78 is 0.121. The fourth-order valence-electron chi connectivity index (χ4n) is 0.861. The molecule has 0 aliphatic heterocycles. The molecule has 0 saturated heterocycles. The van der Waals surface area contributed by atoms with E-state index in [1.165, 1.54) is 22.7 Å². The summed E-state index contributed by atoms with van der Waals surface area (Å²) in [5, 5.41) is 1.84. The molecule has 0 spiro atoms. The van der Waals surface area contributed by atoms with Crippen molar-refractivity contribution in [3.8, 4) is 10.6 Å². The second-order valence-corrected chi connectivity index (χ2v) is 4.28. The van der Waals surface area contributed by atoms with Crippen LogP contribution in [0.5, 0.6) is 0 Å². The Morgan fingerprint density at radius 1 is 1.33 bits per heavy atom. The van der Waals surface area contributed by atoms with E-state index in [0.29, 0.717) is 0 Å². The molecule has 2 aromatic heterocycles. The Morgan fingerprint density at radius 3 is 2.83 bits per heavy atom. The second-order valence-electron chi connectivity index (χ2n) is 2.17. The van der Waals surface area contributed by atoms with Crippen molar-refractivity contribution < 1.29 is 0 Å². The molecule has 0 fully saturated rings. The molecule has 0 bridgehead atoms. The van der Waals surface area contributed by atoms with Crippen molar-refractivity contribution in [2.75, 3.05) is 0 Å². The summed E-state index contributed by atoms with van der Waals surface area (Å²) in [4.78, 5) is 16.0. The van der Waals surface area contributed by atoms with E-state index in [0.717, 1.165) is 10.6 Å². The average molecular weight is 195 g/mol. The zero-order chi connectivity index (χ0) is 8.39. The van der Waals surface area contributed by atoms with E-state index in [2.05, 4.69) is 4.98 Å². The van der Waals surface area contributed by atoms with E-state index >= 15 is 0 Å². The molecule has 0 atom stereocenters. The molecule has 2 nitrogen and oxygen atoms in total. The van der Waals surface area contributed by atoms with Crippen LogP contribution in [0.2, 0.25) is 0 Å². The first-order chi connectivity index (χ1) is 5.86. The van der Waals surface area contributed by atoms with Crippen molar-refractivity contribution in [2.45, 2.75) is 0 Å². The molecule has 0 aliphatic carbocycles. The van der Waals surface area contributed by atoms with Gasteiger partial charge >= 0.3 is 0 Å². The van der Waals surface area contributed by atoms with E-state index in [9.17, 15) is 4.79 Å². The lowest BCUT2D eigenvalue weighted by atomic mass is 10.3. The SMILES string of the molecule is O=c1scc(-c2ccccn2)s1. The first-order valence-electron chi connectivity index (χ1n) is 3.36. The first-order valence-corrected chi connectivity index (χ1v) is 5.06. The molecule has 60 valence electrons. The van der Waals surface area contributed by atoms with Gasteiger partial charge in [0.25, 0.3) is 4.06 Å². The summed E-state index contributed by atoms with van der Waals surface area (Å²) in [5.41, 5.74) is 0.876. The maximum Gasteiger partial charge on any atom is 0.288 e. The minimum Gasteiger partial charge on any atom is -0.265 e. The highest BCUT2D eigenvalue weighted by molar-refractivity contribution is 7.28. The van der Waals surface area contributed by atoms with E-state index in [1.54, 1.807) is 6.20 Å². The van der Waals surface area contributed by atoms with Gasteiger partial charge in [0.2, 0.25) is 0 Å². The van der Waals surface area contributed by atoms with Crippen LogP contribution in [0.3, 0.4) is 0 Å². The average Bonchev–Trinajstić information content (AvgIpc) is 2.54. The molecular formula is C8H5NOS2. The Hall–Kier alpha value is -1.00. The van der Waals surface area contributed by atoms with Gasteiger partial charge in [-0.2, -0.15) is 0 Å². The summed E-state index contributed by atoms with van der Waals surface area (Å²) >= 11 is 2.46. The van der Waals surface area contributed by atoms with E-state index in [-0.39, 0.29) is 4.06 Å². The second kappa shape index (κ2) is 3.16. The maximum absolute atomic E-state index is 10.9. The highest BCUT2D eigenvalue weighted by Gasteiger charge is 2.00. The van der Waals surface area contributed by atoms with Gasteiger partial charge in [-0.05, 0) is 12.1 Å². The number of hydrogen-bond acceptors (Lipinski definition) is 4. The Bertz CT molecular complexity index is 418. The molecule has 4 heteroatoms. The van der Waals surface area contributed by atoms with Crippen molar-refractivity contribution in [2.24, 2.45) is 0 Å². The predicted octanol–water partition coefficient (Wildman–Crippen LogP) is 2.23. The van der Waals surface area contributed by atoms with E-state index in [1.807, 2.05) is 23.6 Å². The third kappa shape index (κ3) is 1.44. The van der Waals surface area contributed by atoms with E-state index < -0.39 is 0 Å². The molecule has 2 heterocycles. The van der Waals surface area contributed by atoms with Gasteiger partial charge in [0.05, 0.1) is 10.6 Å². The molecule has 12 heavy (non-hydrogen) atoms. The van der Waals surface area contributed by atoms with Gasteiger partial charge in [0.1, 0.15) is 0 Å². The first kappa shape index (κ1) is 7.64. The van der Waals surface area contributed by atoms with Crippen molar-refractivity contribution in [3.63, 3.8) is 0 Å². The standard InChI is InChI=1S/C8H5NOS2/c10-8-11-5-7(12-8)6-3-1-2-4-9-6/h1-5H. The van der Waals surface area contributed by atoms with Crippen LogP contribution in [0.15, 0.2) is 34.6 Å². The smallest absolute Gasteiger partial charge is 0.265 e. The van der Waals surface area contributed by atoms with Crippen molar-refractivity contribution in [1.29, 1.82) is 0 Å². The van der Waals surface area contributed by atoms with E-state index in [4.69, 9.17) is 0 Å². The maximum atomic E-state index is 10.9. The molecular weight excluding hydrogens is 190 g/mol. The van der Waals surface area contributed by atoms with Crippen LogP contribution in [0.25, 0.3) is 10.6 Å². The van der Waals surface area contributed by atoms with Gasteiger partial charge in [-0.1, -0.05) is 28.7 Å². The van der Waals surface area contributed by atoms with Crippen molar-refractivity contribution >= 4 is 22.7 Å². The van der Waals surface area contributed by atoms with Gasteiger partial charge in [-0.3, -0.25) is 9.78 Å². The number of pyridine rings is 1. The minimum absolute atomic E-state index is 0.121. The normalized spacial score (nSPS) is 10.0. The molecule has 0 aliphatic rings. The van der Waals surface area contributed by atoms with Gasteiger partial charge in [0, 0.05) is 11.6 Å². The number of hydrogen-bond donors (Lipinski definition) is 0. The predicted molar refractivity (Wildman–Crippen MR) is 51.7 cm³/mol. The highest BCUT2D eigenvalue weighted by atomic mass is 32.2. The molecule has 2 aromatic rings. The lowest BCUT2D eigenvalue weighted by Gasteiger charge is -1.91. The van der Waals surface area contributed by atoms with Crippen LogP contribution < -0.4 is 4.06 Å². The monoisotopic (exact) mass is 195 g/mol. The largest absolute Gasteiger partial charge is 0.288 e. The zero-order valence-electron chi connectivity index (χ0n) is 6.06. The van der Waals surface area contributed by atoms with Gasteiger partial charge in [-0.15, -0.1) is 0 Å². The summed E-state index contributed by atoms with van der Waals surface area (Å²) in [6, 6.07) is 5.67. The molecule has 0 unspecified atom stereocenters. The number of rotatable bonds is 1. The minimum atomic E-state index is 0.121. The lowest BCUT2D eigenvalue weighted by Crippen LogP contribution is -1.78. The van der Waals surface area contributed by atoms with Gasteiger partial charge in [0.15, 0.2) is 0 Å². The Kier molecular flexibility index (Phi) is 2.01. The summed E-state index contributed by atoms with van der Waals surface area (Å²) in [6.45, 7) is 0. The molecule has 0 radical (unpaired) electrons. The van der Waals surface area contributed by atoms with Crippen molar-refractivity contribution in [1.82, 2.24) is 4.98 Å². The summed E-state index contributed by atoms with van der Waals surface area (Å²) in [7, 11) is 0. The Morgan fingerprint density at radius 2 is 2.25 bits per heavy atom. The van der Waals surface area contributed by atoms with Gasteiger partial charge in [-0.25, -0.2) is 0 Å². The molecule has 0 saturated carbocycles. The van der Waals surface area contributed by atoms with Gasteiger partial charge < -0.3 is 0 Å². The summed E-state index contributed by atoms with van der Waals surface area (Å²) in [6.07, 6.45) is 1.73. The Balaban J connectivity index is 2.51. The van der Waals surface area contributed by atoms with Crippen LogP contribution >= 0.6 is 22.7 Å². The molecule has 0 N–H and O–H groups in total. The topological polar surface area (TPSA) is 30.0 Å². The van der Waals surface area contributed by atoms with Crippen molar-refractivity contribution in [3.05, 3.63) is 38.6 Å². The summed E-state index contributed by atoms with van der Waals surface area (Å²) in [5.74, 6) is 0. The van der Waals surface area contributed by atoms with Crippen LogP contribution in [0.4, 0.5) is 0 Å². The number of aromatic nitrogens is 1. The van der Waals surface area contributed by atoms with Crippen LogP contribution in [-0.4, -0.2) is 4.98 Å². The molecule has 0 amide bonds. The lowest BCUT2D eigenvalue weighted by molar-refractivity contribution is 1.34. The van der Waals surface area contributed by atoms with Crippen LogP contribution in [-0.2, 0) is 0 Å². The third-order valence-electron chi connectivity index (χ3n) is 1.37. The fraction of sp³-hybridized carbons (Fsp3) is 0. The Labute approximate surface area is 77.2 Å². The fourth-order valence-corrected chi connectivity index (χ4v) is 2.53. The van der Waals surface area contributed by atoms with Crippen LogP contribution in [0, 0.1) is 0 Å². The number of nitrogens with zero attached hydrogens (tertiary/aromatic N) is 1. The quantitative estimate of drug-likeness (QED) is 0.698. The zero-order valence-corrected chi connectivity index (χ0v) is 7.69. The van der Waals surface area contributed by atoms with Crippen LogP contribution in [0.1, 0.15) is 0 Å².